The Kier molecular flexibility index (Phi) is 1.63. The highest BCUT2D eigenvalue weighted by atomic mass is 16.3. The van der Waals surface area contributed by atoms with Crippen molar-refractivity contribution in [2.75, 3.05) is 0 Å². The first-order chi connectivity index (χ1) is 5.86. The molecule has 3 heteroatoms. The van der Waals surface area contributed by atoms with Crippen molar-refractivity contribution in [1.29, 1.82) is 0 Å². The Bertz CT molecular complexity index is 356. The molecule has 0 atom stereocenters. The molecule has 0 spiro atoms. The molecule has 1 aliphatic heterocycles. The molecule has 0 aromatic heterocycles. The van der Waals surface area contributed by atoms with Crippen LogP contribution in [0.4, 0.5) is 0 Å². The Balaban J connectivity index is 2.53. The highest BCUT2D eigenvalue weighted by Gasteiger charge is 2.01. The van der Waals surface area contributed by atoms with Crippen LogP contribution in [-0.4, -0.2) is 17.5 Å². The molecule has 60 valence electrons. The van der Waals surface area contributed by atoms with Crippen LogP contribution in [0.2, 0.25) is 0 Å². The Hall–Kier alpha value is -1.64. The van der Waals surface area contributed by atoms with Crippen LogP contribution in [-0.2, 0) is 6.42 Å². The lowest BCUT2D eigenvalue weighted by atomic mass is 10.1. The first-order valence-electron chi connectivity index (χ1n) is 3.73. The molecule has 0 bridgehead atoms. The van der Waals surface area contributed by atoms with Gasteiger partial charge in [0, 0.05) is 18.2 Å². The van der Waals surface area contributed by atoms with Gasteiger partial charge >= 0.3 is 0 Å². The lowest BCUT2D eigenvalue weighted by Crippen LogP contribution is -1.90. The second-order valence-corrected chi connectivity index (χ2v) is 2.63. The number of nitrogens with zero attached hydrogens (tertiary/aromatic N) is 2. The van der Waals surface area contributed by atoms with Gasteiger partial charge in [-0.2, -0.15) is 10.2 Å². The van der Waals surface area contributed by atoms with Crippen molar-refractivity contribution in [2.45, 2.75) is 6.42 Å². The van der Waals surface area contributed by atoms with Crippen LogP contribution in [0, 0.1) is 0 Å². The van der Waals surface area contributed by atoms with Crippen molar-refractivity contribution in [1.82, 2.24) is 0 Å². The van der Waals surface area contributed by atoms with Crippen molar-refractivity contribution in [3.63, 3.8) is 0 Å². The van der Waals surface area contributed by atoms with Gasteiger partial charge in [-0.25, -0.2) is 0 Å². The van der Waals surface area contributed by atoms with Gasteiger partial charge in [-0.05, 0) is 17.7 Å². The van der Waals surface area contributed by atoms with E-state index in [1.807, 2.05) is 6.07 Å². The molecule has 1 aliphatic rings. The molecule has 1 N–H and O–H groups in total. The van der Waals surface area contributed by atoms with Gasteiger partial charge < -0.3 is 5.11 Å². The van der Waals surface area contributed by atoms with Crippen molar-refractivity contribution in [2.24, 2.45) is 10.2 Å². The summed E-state index contributed by atoms with van der Waals surface area (Å²) in [7, 11) is 0. The predicted octanol–water partition coefficient (Wildman–Crippen LogP) is 1.35. The molecule has 2 rings (SSSR count). The molecular formula is C9H8N2O. The fraction of sp³-hybridized carbons (Fsp3) is 0.111. The van der Waals surface area contributed by atoms with Gasteiger partial charge in [0.1, 0.15) is 5.75 Å². The second-order valence-electron chi connectivity index (χ2n) is 2.63. The zero-order chi connectivity index (χ0) is 8.39. The topological polar surface area (TPSA) is 45.0 Å². The van der Waals surface area contributed by atoms with Gasteiger partial charge in [-0.1, -0.05) is 6.07 Å². The van der Waals surface area contributed by atoms with Crippen molar-refractivity contribution in [3.05, 3.63) is 29.3 Å². The van der Waals surface area contributed by atoms with Crippen LogP contribution < -0.4 is 0 Å². The average Bonchev–Trinajstić information content (AvgIpc) is 2.28. The average molecular weight is 160 g/mol. The van der Waals surface area contributed by atoms with Gasteiger partial charge in [0.2, 0.25) is 0 Å². The molecule has 12 heavy (non-hydrogen) atoms. The van der Waals surface area contributed by atoms with E-state index in [-0.39, 0.29) is 5.75 Å². The molecule has 0 amide bonds. The summed E-state index contributed by atoms with van der Waals surface area (Å²) in [5, 5.41) is 16.7. The van der Waals surface area contributed by atoms with E-state index in [0.29, 0.717) is 0 Å². The number of hydrogen-bond donors (Lipinski definition) is 1. The van der Waals surface area contributed by atoms with E-state index in [4.69, 9.17) is 0 Å². The molecule has 0 saturated heterocycles. The maximum Gasteiger partial charge on any atom is 0.116 e. The quantitative estimate of drug-likeness (QED) is 0.611. The summed E-state index contributed by atoms with van der Waals surface area (Å²) >= 11 is 0. The van der Waals surface area contributed by atoms with Crippen LogP contribution in [0.3, 0.4) is 0 Å². The number of aromatic hydroxyl groups is 1. The number of hydrogen-bond acceptors (Lipinski definition) is 3. The third-order valence-electron chi connectivity index (χ3n) is 1.79. The standard InChI is InChI=1S/C9H8N2O/c12-9-2-1-7-3-4-10-11-6-8(7)5-9/h1-2,4-6,12H,3H2. The van der Waals surface area contributed by atoms with Crippen molar-refractivity contribution >= 4 is 12.4 Å². The van der Waals surface area contributed by atoms with E-state index in [1.54, 1.807) is 24.6 Å². The molecule has 0 unspecified atom stereocenters. The monoisotopic (exact) mass is 160 g/mol. The van der Waals surface area contributed by atoms with Gasteiger partial charge in [-0.15, -0.1) is 0 Å². The first kappa shape index (κ1) is 7.03. The van der Waals surface area contributed by atoms with E-state index >= 15 is 0 Å². The van der Waals surface area contributed by atoms with Crippen LogP contribution >= 0.6 is 0 Å². The van der Waals surface area contributed by atoms with Gasteiger partial charge in [0.25, 0.3) is 0 Å². The molecule has 0 fully saturated rings. The zero-order valence-corrected chi connectivity index (χ0v) is 6.44. The van der Waals surface area contributed by atoms with E-state index in [9.17, 15) is 5.11 Å². The van der Waals surface area contributed by atoms with E-state index in [2.05, 4.69) is 10.2 Å². The minimum Gasteiger partial charge on any atom is -0.508 e. The Labute approximate surface area is 70.1 Å². The molecule has 1 aromatic carbocycles. The molecular weight excluding hydrogens is 152 g/mol. The largest absolute Gasteiger partial charge is 0.508 e. The highest BCUT2D eigenvalue weighted by Crippen LogP contribution is 2.16. The summed E-state index contributed by atoms with van der Waals surface area (Å²) in [6, 6.07) is 5.24. The van der Waals surface area contributed by atoms with E-state index < -0.39 is 0 Å². The Morgan fingerprint density at radius 1 is 1.25 bits per heavy atom. The van der Waals surface area contributed by atoms with Gasteiger partial charge in [0.15, 0.2) is 0 Å². The maximum atomic E-state index is 9.18. The van der Waals surface area contributed by atoms with Crippen molar-refractivity contribution < 1.29 is 5.11 Å². The Morgan fingerprint density at radius 2 is 2.17 bits per heavy atom. The lowest BCUT2D eigenvalue weighted by Gasteiger charge is -2.00. The second kappa shape index (κ2) is 2.77. The minimum absolute atomic E-state index is 0.266. The third kappa shape index (κ3) is 1.21. The van der Waals surface area contributed by atoms with E-state index in [0.717, 1.165) is 17.5 Å². The van der Waals surface area contributed by atoms with Gasteiger partial charge in [0.05, 0.1) is 6.21 Å². The van der Waals surface area contributed by atoms with E-state index in [1.165, 1.54) is 0 Å². The number of phenols is 1. The molecule has 1 aromatic rings. The lowest BCUT2D eigenvalue weighted by molar-refractivity contribution is 0.475. The highest BCUT2D eigenvalue weighted by molar-refractivity contribution is 5.85. The summed E-state index contributed by atoms with van der Waals surface area (Å²) in [4.78, 5) is 0. The fourth-order valence-corrected chi connectivity index (χ4v) is 1.17. The molecule has 1 heterocycles. The number of fused-ring (bicyclic) bond motifs is 1. The van der Waals surface area contributed by atoms with Crippen LogP contribution in [0.25, 0.3) is 0 Å². The van der Waals surface area contributed by atoms with Crippen LogP contribution in [0.5, 0.6) is 5.75 Å². The maximum absolute atomic E-state index is 9.18. The molecule has 3 nitrogen and oxygen atoms in total. The van der Waals surface area contributed by atoms with Crippen LogP contribution in [0.15, 0.2) is 28.4 Å². The summed E-state index contributed by atoms with van der Waals surface area (Å²) < 4.78 is 0. The summed E-state index contributed by atoms with van der Waals surface area (Å²) in [5.74, 6) is 0.266. The fourth-order valence-electron chi connectivity index (χ4n) is 1.17. The smallest absolute Gasteiger partial charge is 0.116 e. The SMILES string of the molecule is Oc1ccc2c(c1)C=NN=CC2. The minimum atomic E-state index is 0.266. The summed E-state index contributed by atoms with van der Waals surface area (Å²) in [6.45, 7) is 0. The van der Waals surface area contributed by atoms with Gasteiger partial charge in [-0.3, -0.25) is 0 Å². The first-order valence-corrected chi connectivity index (χ1v) is 3.73. The zero-order valence-electron chi connectivity index (χ0n) is 6.44. The predicted molar refractivity (Wildman–Crippen MR) is 47.9 cm³/mol. The number of phenolic OH excluding ortho intramolecular Hbond substituents is 1. The number of benzene rings is 1. The molecule has 0 radical (unpaired) electrons. The van der Waals surface area contributed by atoms with Crippen molar-refractivity contribution in [3.8, 4) is 5.75 Å². The molecule has 0 aliphatic carbocycles. The third-order valence-corrected chi connectivity index (χ3v) is 1.79. The van der Waals surface area contributed by atoms with Crippen LogP contribution in [0.1, 0.15) is 11.1 Å². The molecule has 0 saturated carbocycles. The normalized spacial score (nSPS) is 14.0. The number of rotatable bonds is 0. The summed E-state index contributed by atoms with van der Waals surface area (Å²) in [6.07, 6.45) is 4.17. The Morgan fingerprint density at radius 3 is 3.08 bits per heavy atom. The summed E-state index contributed by atoms with van der Waals surface area (Å²) in [5.41, 5.74) is 2.07.